The van der Waals surface area contributed by atoms with Crippen molar-refractivity contribution < 1.29 is 44.5 Å². The van der Waals surface area contributed by atoms with E-state index in [1.807, 2.05) is 0 Å². The van der Waals surface area contributed by atoms with E-state index in [4.69, 9.17) is 0 Å². The third kappa shape index (κ3) is 32.4. The van der Waals surface area contributed by atoms with E-state index in [1.165, 1.54) is 0 Å². The average Bonchev–Trinajstić information content (AvgIpc) is 2.31. The molecule has 0 rings (SSSR count). The Kier molecular flexibility index (Phi) is 27.5. The standard InChI is InChI=1S/2C5H13O3P.Ni/c2*1-2-3-4-5-8-9(6)7;/h2*9H,2-5H2,1H3,(H,6,7);/q;;+2/p-2. The van der Waals surface area contributed by atoms with Gasteiger partial charge in [0.15, 0.2) is 0 Å². The van der Waals surface area contributed by atoms with Crippen LogP contribution in [0.25, 0.3) is 0 Å². The third-order valence-corrected chi connectivity index (χ3v) is 2.82. The topological polar surface area (TPSA) is 98.7 Å². The molecule has 0 aliphatic heterocycles. The molecule has 0 amide bonds. The Balaban J connectivity index is -0.000000256. The molecule has 0 saturated heterocycles. The van der Waals surface area contributed by atoms with Crippen LogP contribution in [0.4, 0.5) is 0 Å². The zero-order valence-electron chi connectivity index (χ0n) is 11.4. The van der Waals surface area contributed by atoms with Gasteiger partial charge in [-0.3, -0.25) is 0 Å². The van der Waals surface area contributed by atoms with Gasteiger partial charge in [-0.15, -0.1) is 0 Å². The summed E-state index contributed by atoms with van der Waals surface area (Å²) in [5.74, 6) is 0. The Bertz CT molecular complexity index is 196. The van der Waals surface area contributed by atoms with Crippen LogP contribution < -0.4 is 9.79 Å². The Labute approximate surface area is 127 Å². The number of rotatable bonds is 10. The van der Waals surface area contributed by atoms with E-state index >= 15 is 0 Å². The van der Waals surface area contributed by atoms with Crippen LogP contribution in [0.2, 0.25) is 0 Å². The zero-order valence-corrected chi connectivity index (χ0v) is 14.4. The summed E-state index contributed by atoms with van der Waals surface area (Å²) in [5.41, 5.74) is 0. The maximum absolute atomic E-state index is 9.81. The molecule has 0 saturated carbocycles. The molecule has 0 aromatic heterocycles. The van der Waals surface area contributed by atoms with Crippen LogP contribution in [0.1, 0.15) is 52.4 Å². The molecule has 0 spiro atoms. The fourth-order valence-electron chi connectivity index (χ4n) is 1.02. The summed E-state index contributed by atoms with van der Waals surface area (Å²) in [4.78, 5) is 19.6. The van der Waals surface area contributed by atoms with Crippen molar-refractivity contribution in [3.8, 4) is 0 Å². The maximum atomic E-state index is 9.81. The fraction of sp³-hybridized carbons (Fsp3) is 1.00. The normalized spacial score (nSPS) is 12.8. The summed E-state index contributed by atoms with van der Waals surface area (Å²) in [7, 11) is -5.83. The second-order valence-electron chi connectivity index (χ2n) is 3.61. The molecule has 0 aliphatic carbocycles. The van der Waals surface area contributed by atoms with Crippen LogP contribution in [-0.4, -0.2) is 13.2 Å². The summed E-state index contributed by atoms with van der Waals surface area (Å²) in [6, 6.07) is 0. The van der Waals surface area contributed by atoms with Crippen molar-refractivity contribution in [2.75, 3.05) is 13.2 Å². The van der Waals surface area contributed by atoms with Crippen molar-refractivity contribution in [2.45, 2.75) is 52.4 Å². The van der Waals surface area contributed by atoms with E-state index in [2.05, 4.69) is 22.9 Å². The van der Waals surface area contributed by atoms with Gasteiger partial charge >= 0.3 is 16.5 Å². The van der Waals surface area contributed by atoms with Crippen molar-refractivity contribution in [2.24, 2.45) is 0 Å². The fourth-order valence-corrected chi connectivity index (χ4v) is 1.64. The van der Waals surface area contributed by atoms with Crippen molar-refractivity contribution >= 4 is 16.5 Å². The molecule has 0 bridgehead atoms. The smallest absolute Gasteiger partial charge is 0.781 e. The van der Waals surface area contributed by atoms with Gasteiger partial charge in [0, 0.05) is 0 Å². The molecular formula is C10H24NiO6P2. The molecule has 0 aromatic carbocycles. The number of hydrogen-bond donors (Lipinski definition) is 0. The first kappa shape index (κ1) is 24.8. The first-order valence-electron chi connectivity index (χ1n) is 6.22. The van der Waals surface area contributed by atoms with Gasteiger partial charge < -0.3 is 28.0 Å². The molecule has 0 aromatic rings. The van der Waals surface area contributed by atoms with E-state index < -0.39 is 16.5 Å². The van der Waals surface area contributed by atoms with Gasteiger partial charge in [0.1, 0.15) is 16.5 Å². The molecule has 0 radical (unpaired) electrons. The van der Waals surface area contributed by atoms with Crippen LogP contribution in [0.15, 0.2) is 0 Å². The number of hydrogen-bond acceptors (Lipinski definition) is 6. The molecule has 2 atom stereocenters. The molecular weight excluding hydrogens is 337 g/mol. The molecule has 2 unspecified atom stereocenters. The molecule has 6 nitrogen and oxygen atoms in total. The van der Waals surface area contributed by atoms with Crippen molar-refractivity contribution in [3.05, 3.63) is 0 Å². The molecule has 0 N–H and O–H groups in total. The van der Waals surface area contributed by atoms with E-state index in [0.29, 0.717) is 13.2 Å². The minimum atomic E-state index is -2.92. The largest absolute Gasteiger partial charge is 2.00 e. The Morgan fingerprint density at radius 1 is 0.789 bits per heavy atom. The van der Waals surface area contributed by atoms with Crippen molar-refractivity contribution in [3.63, 3.8) is 0 Å². The van der Waals surface area contributed by atoms with Crippen LogP contribution in [0, 0.1) is 0 Å². The molecule has 9 heteroatoms. The molecule has 0 aliphatic rings. The molecule has 120 valence electrons. The zero-order chi connectivity index (χ0) is 14.2. The van der Waals surface area contributed by atoms with Crippen LogP contribution in [0.5, 0.6) is 0 Å². The third-order valence-electron chi connectivity index (χ3n) is 1.94. The minimum Gasteiger partial charge on any atom is -0.781 e. The van der Waals surface area contributed by atoms with Crippen molar-refractivity contribution in [1.82, 2.24) is 0 Å². The maximum Gasteiger partial charge on any atom is 2.00 e. The first-order chi connectivity index (χ1) is 8.54. The van der Waals surface area contributed by atoms with Crippen molar-refractivity contribution in [1.29, 1.82) is 0 Å². The van der Waals surface area contributed by atoms with Gasteiger partial charge in [-0.1, -0.05) is 39.5 Å². The van der Waals surface area contributed by atoms with E-state index in [0.717, 1.165) is 38.5 Å². The Morgan fingerprint density at radius 2 is 1.11 bits per heavy atom. The minimum absolute atomic E-state index is 0. The number of unbranched alkanes of at least 4 members (excludes halogenated alkanes) is 4. The second-order valence-corrected chi connectivity index (χ2v) is 5.19. The summed E-state index contributed by atoms with van der Waals surface area (Å²) in [6.45, 7) is 4.82. The van der Waals surface area contributed by atoms with E-state index in [1.54, 1.807) is 0 Å². The average molecular weight is 361 g/mol. The SMILES string of the molecule is CCCCCO[PH](=O)[O-].CCCCCO[PH](=O)[O-].[Ni+2]. The first-order valence-corrected chi connectivity index (χ1v) is 8.67. The van der Waals surface area contributed by atoms with Crippen LogP contribution in [-0.2, 0) is 34.7 Å². The predicted molar refractivity (Wildman–Crippen MR) is 69.0 cm³/mol. The van der Waals surface area contributed by atoms with Crippen LogP contribution >= 0.6 is 16.5 Å². The summed E-state index contributed by atoms with van der Waals surface area (Å²) in [6.07, 6.45) is 5.93. The summed E-state index contributed by atoms with van der Waals surface area (Å²) in [5, 5.41) is 0. The Morgan fingerprint density at radius 3 is 1.32 bits per heavy atom. The molecule has 19 heavy (non-hydrogen) atoms. The van der Waals surface area contributed by atoms with Gasteiger partial charge in [0.05, 0.1) is 13.2 Å². The Hall–Kier alpha value is 0.794. The predicted octanol–water partition coefficient (Wildman–Crippen LogP) is 1.88. The van der Waals surface area contributed by atoms with Gasteiger partial charge in [0.25, 0.3) is 0 Å². The van der Waals surface area contributed by atoms with Crippen LogP contribution in [0.3, 0.4) is 0 Å². The van der Waals surface area contributed by atoms with Gasteiger partial charge in [0.2, 0.25) is 0 Å². The quantitative estimate of drug-likeness (QED) is 0.335. The van der Waals surface area contributed by atoms with Gasteiger partial charge in [-0.2, -0.15) is 0 Å². The van der Waals surface area contributed by atoms with E-state index in [9.17, 15) is 18.9 Å². The van der Waals surface area contributed by atoms with Gasteiger partial charge in [-0.05, 0) is 12.8 Å². The second kappa shape index (κ2) is 21.1. The van der Waals surface area contributed by atoms with Gasteiger partial charge in [-0.25, -0.2) is 0 Å². The van der Waals surface area contributed by atoms with E-state index in [-0.39, 0.29) is 16.5 Å². The molecule has 0 heterocycles. The monoisotopic (exact) mass is 360 g/mol. The molecule has 0 fully saturated rings. The summed E-state index contributed by atoms with van der Waals surface area (Å²) < 4.78 is 28.3. The summed E-state index contributed by atoms with van der Waals surface area (Å²) >= 11 is 0.